The van der Waals surface area contributed by atoms with E-state index in [1.807, 2.05) is 29.5 Å². The van der Waals surface area contributed by atoms with Crippen LogP contribution < -0.4 is 10.9 Å². The van der Waals surface area contributed by atoms with Crippen LogP contribution in [0.25, 0.3) is 16.7 Å². The lowest BCUT2D eigenvalue weighted by atomic mass is 9.95. The van der Waals surface area contributed by atoms with E-state index < -0.39 is 0 Å². The van der Waals surface area contributed by atoms with Gasteiger partial charge in [-0.25, -0.2) is 0 Å². The lowest BCUT2D eigenvalue weighted by Crippen LogP contribution is -2.40. The molecule has 1 atom stereocenters. The highest BCUT2D eigenvalue weighted by molar-refractivity contribution is 8.00. The minimum Gasteiger partial charge on any atom is -0.352 e. The van der Waals surface area contributed by atoms with E-state index in [9.17, 15) is 9.59 Å². The summed E-state index contributed by atoms with van der Waals surface area (Å²) < 4.78 is 3.41. The first kappa shape index (κ1) is 19.7. The van der Waals surface area contributed by atoms with Gasteiger partial charge in [-0.2, -0.15) is 0 Å². The fraction of sp³-hybridized carbons (Fsp3) is 0.429. The van der Waals surface area contributed by atoms with Gasteiger partial charge in [0.25, 0.3) is 5.56 Å². The van der Waals surface area contributed by atoms with Crippen LogP contribution in [0.3, 0.4) is 0 Å². The number of allylic oxidation sites excluding steroid dienone is 1. The number of nitrogens with one attached hydrogen (secondary N) is 1. The van der Waals surface area contributed by atoms with Gasteiger partial charge in [0.15, 0.2) is 5.16 Å². The van der Waals surface area contributed by atoms with Crippen molar-refractivity contribution < 1.29 is 4.79 Å². The van der Waals surface area contributed by atoms with Gasteiger partial charge in [0.1, 0.15) is 0 Å². The number of thioether (sulfide) groups is 1. The minimum absolute atomic E-state index is 0.0161. The Kier molecular flexibility index (Phi) is 5.71. The highest BCUT2D eigenvalue weighted by Crippen LogP contribution is 2.26. The van der Waals surface area contributed by atoms with Crippen LogP contribution in [0, 0.1) is 0 Å². The topological polar surface area (TPSA) is 81.3 Å². The van der Waals surface area contributed by atoms with Gasteiger partial charge >= 0.3 is 0 Å². The number of fused-ring (bicyclic) bond motifs is 3. The predicted octanol–water partition coefficient (Wildman–Crippen LogP) is 3.16. The Morgan fingerprint density at radius 1 is 1.31 bits per heavy atom. The van der Waals surface area contributed by atoms with E-state index in [1.54, 1.807) is 16.7 Å². The molecule has 4 rings (SSSR count). The molecule has 0 spiro atoms. The van der Waals surface area contributed by atoms with Crippen molar-refractivity contribution in [3.63, 3.8) is 0 Å². The smallest absolute Gasteiger partial charge is 0.263 e. The summed E-state index contributed by atoms with van der Waals surface area (Å²) in [7, 11) is 0. The summed E-state index contributed by atoms with van der Waals surface area (Å²) in [4.78, 5) is 25.6. The number of para-hydroxylation sites is 1. The largest absolute Gasteiger partial charge is 0.352 e. The quantitative estimate of drug-likeness (QED) is 0.498. The number of hydrogen-bond donors (Lipinski definition) is 1. The summed E-state index contributed by atoms with van der Waals surface area (Å²) in [6.45, 7) is 5.96. The summed E-state index contributed by atoms with van der Waals surface area (Å²) in [5.74, 6) is 0.471. The number of hydrogen-bond acceptors (Lipinski definition) is 5. The summed E-state index contributed by atoms with van der Waals surface area (Å²) in [5.41, 5.74) is 0.611. The van der Waals surface area contributed by atoms with Crippen molar-refractivity contribution in [2.24, 2.45) is 0 Å². The van der Waals surface area contributed by atoms with Gasteiger partial charge in [0, 0.05) is 12.6 Å². The van der Waals surface area contributed by atoms with Gasteiger partial charge in [-0.05, 0) is 31.9 Å². The fourth-order valence-corrected chi connectivity index (χ4v) is 4.75. The molecule has 1 fully saturated rings. The molecule has 1 amide bonds. The highest BCUT2D eigenvalue weighted by Gasteiger charge is 2.23. The van der Waals surface area contributed by atoms with Crippen LogP contribution in [0.15, 0.2) is 46.9 Å². The van der Waals surface area contributed by atoms with E-state index in [0.29, 0.717) is 22.9 Å². The first-order valence-electron chi connectivity index (χ1n) is 10.0. The molecular weight excluding hydrogens is 386 g/mol. The Morgan fingerprint density at radius 3 is 2.83 bits per heavy atom. The lowest BCUT2D eigenvalue weighted by Gasteiger charge is -2.24. The second kappa shape index (κ2) is 8.41. The average Bonchev–Trinajstić information content (AvgIpc) is 3.15. The first-order valence-corrected chi connectivity index (χ1v) is 10.9. The Hall–Kier alpha value is -2.61. The van der Waals surface area contributed by atoms with Crippen LogP contribution in [0.4, 0.5) is 0 Å². The van der Waals surface area contributed by atoms with Crippen molar-refractivity contribution >= 4 is 34.3 Å². The zero-order valence-electron chi connectivity index (χ0n) is 16.5. The second-order valence-electron chi connectivity index (χ2n) is 7.44. The molecule has 2 aromatic heterocycles. The number of carbonyl (C=O) groups excluding carboxylic acids is 1. The van der Waals surface area contributed by atoms with E-state index in [-0.39, 0.29) is 22.8 Å². The van der Waals surface area contributed by atoms with Crippen molar-refractivity contribution in [2.75, 3.05) is 0 Å². The maximum absolute atomic E-state index is 12.9. The van der Waals surface area contributed by atoms with E-state index >= 15 is 0 Å². The Balaban J connectivity index is 1.68. The van der Waals surface area contributed by atoms with E-state index in [4.69, 9.17) is 0 Å². The monoisotopic (exact) mass is 411 g/mol. The molecular formula is C21H25N5O2S. The zero-order chi connectivity index (χ0) is 20.4. The van der Waals surface area contributed by atoms with E-state index in [0.717, 1.165) is 18.4 Å². The SMILES string of the molecule is C=CCn1c(=O)c2ccccc2n2c(SC(C)C(=O)NC3CCCCC3)nnc12. The van der Waals surface area contributed by atoms with Gasteiger partial charge in [-0.1, -0.05) is 49.2 Å². The molecule has 1 aromatic carbocycles. The molecule has 1 aliphatic carbocycles. The van der Waals surface area contributed by atoms with Gasteiger partial charge in [-0.3, -0.25) is 18.6 Å². The van der Waals surface area contributed by atoms with Crippen LogP contribution in [0.2, 0.25) is 0 Å². The molecule has 1 saturated carbocycles. The molecule has 3 aromatic rings. The number of amides is 1. The van der Waals surface area contributed by atoms with Gasteiger partial charge in [-0.15, -0.1) is 16.8 Å². The van der Waals surface area contributed by atoms with Crippen molar-refractivity contribution in [1.82, 2.24) is 24.5 Å². The van der Waals surface area contributed by atoms with Crippen molar-refractivity contribution in [2.45, 2.75) is 62.0 Å². The average molecular weight is 412 g/mol. The molecule has 0 aliphatic heterocycles. The second-order valence-corrected chi connectivity index (χ2v) is 8.75. The number of rotatable bonds is 6. The van der Waals surface area contributed by atoms with Crippen LogP contribution in [-0.4, -0.2) is 36.4 Å². The van der Waals surface area contributed by atoms with Crippen LogP contribution >= 0.6 is 11.8 Å². The summed E-state index contributed by atoms with van der Waals surface area (Å²) in [6, 6.07) is 7.66. The first-order chi connectivity index (χ1) is 14.1. The van der Waals surface area contributed by atoms with E-state index in [2.05, 4.69) is 22.1 Å². The standard InChI is InChI=1S/C21H25N5O2S/c1-3-13-25-19(28)16-11-7-8-12-17(16)26-20(25)23-24-21(26)29-14(2)18(27)22-15-9-5-4-6-10-15/h3,7-8,11-12,14-15H,1,4-6,9-10,13H2,2H3,(H,22,27). The summed E-state index contributed by atoms with van der Waals surface area (Å²) in [5, 5.41) is 12.6. The maximum atomic E-state index is 12.9. The van der Waals surface area contributed by atoms with Crippen LogP contribution in [-0.2, 0) is 11.3 Å². The minimum atomic E-state index is -0.317. The third kappa shape index (κ3) is 3.81. The molecule has 0 saturated heterocycles. The molecule has 152 valence electrons. The molecule has 1 N–H and O–H groups in total. The van der Waals surface area contributed by atoms with Crippen molar-refractivity contribution in [1.29, 1.82) is 0 Å². The van der Waals surface area contributed by atoms with Gasteiger partial charge in [0.2, 0.25) is 11.7 Å². The number of carbonyl (C=O) groups is 1. The van der Waals surface area contributed by atoms with E-state index in [1.165, 1.54) is 31.0 Å². The Labute approximate surface area is 173 Å². The fourth-order valence-electron chi connectivity index (χ4n) is 3.88. The zero-order valence-corrected chi connectivity index (χ0v) is 17.3. The van der Waals surface area contributed by atoms with Crippen LogP contribution in [0.5, 0.6) is 0 Å². The number of aromatic nitrogens is 4. The molecule has 0 bridgehead atoms. The molecule has 29 heavy (non-hydrogen) atoms. The Morgan fingerprint density at radius 2 is 2.07 bits per heavy atom. The number of nitrogens with zero attached hydrogens (tertiary/aromatic N) is 4. The predicted molar refractivity (Wildman–Crippen MR) is 115 cm³/mol. The Bertz CT molecular complexity index is 1110. The molecule has 1 aliphatic rings. The van der Waals surface area contributed by atoms with Crippen LogP contribution in [0.1, 0.15) is 39.0 Å². The third-order valence-electron chi connectivity index (χ3n) is 5.39. The highest BCUT2D eigenvalue weighted by atomic mass is 32.2. The summed E-state index contributed by atoms with van der Waals surface area (Å²) in [6.07, 6.45) is 7.37. The lowest BCUT2D eigenvalue weighted by molar-refractivity contribution is -0.121. The third-order valence-corrected chi connectivity index (χ3v) is 6.44. The molecule has 0 radical (unpaired) electrons. The normalized spacial score (nSPS) is 16.2. The van der Waals surface area contributed by atoms with Crippen molar-refractivity contribution in [3.05, 3.63) is 47.3 Å². The molecule has 1 unspecified atom stereocenters. The van der Waals surface area contributed by atoms with Crippen molar-refractivity contribution in [3.8, 4) is 0 Å². The maximum Gasteiger partial charge on any atom is 0.263 e. The molecule has 7 nitrogen and oxygen atoms in total. The van der Waals surface area contributed by atoms with Gasteiger partial charge < -0.3 is 5.32 Å². The van der Waals surface area contributed by atoms with Gasteiger partial charge in [0.05, 0.1) is 16.2 Å². The summed E-state index contributed by atoms with van der Waals surface area (Å²) >= 11 is 1.36. The molecule has 2 heterocycles. The molecule has 8 heteroatoms. The number of benzene rings is 1.